The average Bonchev–Trinajstić information content (AvgIpc) is 2.14. The fourth-order valence-corrected chi connectivity index (χ4v) is 2.39. The first-order valence-electron chi connectivity index (χ1n) is 6.71. The average molecular weight is 225 g/mol. The summed E-state index contributed by atoms with van der Waals surface area (Å²) in [6, 6.07) is 0. The second-order valence-corrected chi connectivity index (χ2v) is 6.06. The maximum Gasteiger partial charge on any atom is 0.0171 e. The lowest BCUT2D eigenvalue weighted by atomic mass is 9.81. The molecule has 0 saturated carbocycles. The first-order valence-corrected chi connectivity index (χ1v) is 6.71. The summed E-state index contributed by atoms with van der Waals surface area (Å²) < 4.78 is 0. The van der Waals surface area contributed by atoms with Crippen molar-refractivity contribution in [1.82, 2.24) is 4.90 Å². The predicted molar refractivity (Wildman–Crippen MR) is 74.5 cm³/mol. The Balaban J connectivity index is 4.19. The van der Waals surface area contributed by atoms with Crippen LogP contribution in [0.4, 0.5) is 0 Å². The minimum Gasteiger partial charge on any atom is -0.378 e. The van der Waals surface area contributed by atoms with Gasteiger partial charge in [-0.25, -0.2) is 0 Å². The smallest absolute Gasteiger partial charge is 0.0171 e. The highest BCUT2D eigenvalue weighted by molar-refractivity contribution is 5.05. The van der Waals surface area contributed by atoms with Crippen molar-refractivity contribution in [2.45, 2.75) is 60.3 Å². The molecule has 0 aliphatic carbocycles. The highest BCUT2D eigenvalue weighted by atomic mass is 15.1. The molecule has 0 aromatic rings. The van der Waals surface area contributed by atoms with Gasteiger partial charge in [0.25, 0.3) is 0 Å². The first-order chi connectivity index (χ1) is 7.31. The zero-order valence-electron chi connectivity index (χ0n) is 12.3. The van der Waals surface area contributed by atoms with Crippen LogP contribution < -0.4 is 0 Å². The molecule has 0 aliphatic rings. The van der Waals surface area contributed by atoms with Crippen LogP contribution in [0.25, 0.3) is 0 Å². The quantitative estimate of drug-likeness (QED) is 0.541. The number of nitrogens with zero attached hydrogens (tertiary/aromatic N) is 1. The highest BCUT2D eigenvalue weighted by Crippen LogP contribution is 2.33. The molecular formula is C15H31N. The van der Waals surface area contributed by atoms with E-state index in [-0.39, 0.29) is 5.41 Å². The van der Waals surface area contributed by atoms with Gasteiger partial charge in [0.2, 0.25) is 0 Å². The third kappa shape index (κ3) is 5.58. The van der Waals surface area contributed by atoms with Crippen molar-refractivity contribution in [1.29, 1.82) is 0 Å². The molecule has 0 bridgehead atoms. The van der Waals surface area contributed by atoms with E-state index < -0.39 is 0 Å². The molecule has 0 N–H and O–H groups in total. The second-order valence-electron chi connectivity index (χ2n) is 6.06. The van der Waals surface area contributed by atoms with Gasteiger partial charge in [-0.2, -0.15) is 0 Å². The standard InChI is InChI=1S/C15H31N/c1-8-9-10-11-16(7)14(4)15(5,6)12-13(2)3/h13H,4,8-12H2,1-3,5-7H3. The molecule has 0 amide bonds. The molecule has 0 aromatic carbocycles. The largest absolute Gasteiger partial charge is 0.378 e. The Morgan fingerprint density at radius 1 is 1.25 bits per heavy atom. The minimum atomic E-state index is 0.231. The van der Waals surface area contributed by atoms with Crippen LogP contribution in [0, 0.1) is 11.3 Å². The summed E-state index contributed by atoms with van der Waals surface area (Å²) in [5.41, 5.74) is 1.52. The SMILES string of the molecule is C=C(N(C)CCCCC)C(C)(C)CC(C)C. The summed E-state index contributed by atoms with van der Waals surface area (Å²) >= 11 is 0. The first kappa shape index (κ1) is 15.5. The predicted octanol–water partition coefficient (Wildman–Crippen LogP) is 4.69. The third-order valence-electron chi connectivity index (χ3n) is 3.26. The van der Waals surface area contributed by atoms with Crippen LogP contribution in [0.15, 0.2) is 12.3 Å². The minimum absolute atomic E-state index is 0.231. The number of hydrogen-bond donors (Lipinski definition) is 0. The van der Waals surface area contributed by atoms with Crippen molar-refractivity contribution in [3.63, 3.8) is 0 Å². The Morgan fingerprint density at radius 2 is 1.81 bits per heavy atom. The summed E-state index contributed by atoms with van der Waals surface area (Å²) in [5, 5.41) is 0. The molecular weight excluding hydrogens is 194 g/mol. The van der Waals surface area contributed by atoms with E-state index in [1.54, 1.807) is 0 Å². The Hall–Kier alpha value is -0.460. The van der Waals surface area contributed by atoms with Gasteiger partial charge >= 0.3 is 0 Å². The topological polar surface area (TPSA) is 3.24 Å². The third-order valence-corrected chi connectivity index (χ3v) is 3.26. The summed E-state index contributed by atoms with van der Waals surface area (Å²) in [4.78, 5) is 2.35. The van der Waals surface area contributed by atoms with E-state index in [4.69, 9.17) is 0 Å². The molecule has 1 heteroatoms. The van der Waals surface area contributed by atoms with Crippen LogP contribution in [0.5, 0.6) is 0 Å². The lowest BCUT2D eigenvalue weighted by molar-refractivity contribution is 0.250. The van der Waals surface area contributed by atoms with Gasteiger partial charge in [0, 0.05) is 24.7 Å². The van der Waals surface area contributed by atoms with E-state index in [1.807, 2.05) is 0 Å². The lowest BCUT2D eigenvalue weighted by Gasteiger charge is -2.35. The van der Waals surface area contributed by atoms with Crippen LogP contribution in [-0.4, -0.2) is 18.5 Å². The van der Waals surface area contributed by atoms with Gasteiger partial charge in [-0.15, -0.1) is 0 Å². The summed E-state index contributed by atoms with van der Waals surface area (Å²) in [7, 11) is 2.18. The summed E-state index contributed by atoms with van der Waals surface area (Å²) in [5.74, 6) is 0.732. The highest BCUT2D eigenvalue weighted by Gasteiger charge is 2.25. The summed E-state index contributed by atoms with van der Waals surface area (Å²) in [6.07, 6.45) is 5.10. The molecule has 0 heterocycles. The maximum atomic E-state index is 4.28. The van der Waals surface area contributed by atoms with Gasteiger partial charge in [-0.1, -0.05) is 54.0 Å². The molecule has 0 fully saturated rings. The number of allylic oxidation sites excluding steroid dienone is 1. The molecule has 0 aromatic heterocycles. The molecule has 0 rings (SSSR count). The van der Waals surface area contributed by atoms with E-state index >= 15 is 0 Å². The van der Waals surface area contributed by atoms with Crippen molar-refractivity contribution in [3.05, 3.63) is 12.3 Å². The lowest BCUT2D eigenvalue weighted by Crippen LogP contribution is -2.30. The van der Waals surface area contributed by atoms with Crippen molar-refractivity contribution in [3.8, 4) is 0 Å². The Kier molecular flexibility index (Phi) is 6.78. The second kappa shape index (κ2) is 6.98. The van der Waals surface area contributed by atoms with Gasteiger partial charge in [0.15, 0.2) is 0 Å². The molecule has 0 unspecified atom stereocenters. The van der Waals surface area contributed by atoms with Crippen LogP contribution in [0.2, 0.25) is 0 Å². The summed E-state index contributed by atoms with van der Waals surface area (Å²) in [6.45, 7) is 16.9. The van der Waals surface area contributed by atoms with E-state index in [9.17, 15) is 0 Å². The Morgan fingerprint density at radius 3 is 2.25 bits per heavy atom. The molecule has 0 saturated heterocycles. The Bertz CT molecular complexity index is 203. The van der Waals surface area contributed by atoms with E-state index in [2.05, 4.69) is 53.1 Å². The fourth-order valence-electron chi connectivity index (χ4n) is 2.39. The van der Waals surface area contributed by atoms with Crippen molar-refractivity contribution < 1.29 is 0 Å². The molecule has 0 radical (unpaired) electrons. The van der Waals surface area contributed by atoms with Gasteiger partial charge in [0.1, 0.15) is 0 Å². The van der Waals surface area contributed by atoms with E-state index in [1.165, 1.54) is 31.4 Å². The normalized spacial score (nSPS) is 11.9. The monoisotopic (exact) mass is 225 g/mol. The number of hydrogen-bond acceptors (Lipinski definition) is 1. The molecule has 16 heavy (non-hydrogen) atoms. The molecule has 1 nitrogen and oxygen atoms in total. The fraction of sp³-hybridized carbons (Fsp3) is 0.867. The Labute approximate surface area is 103 Å². The molecule has 96 valence electrons. The van der Waals surface area contributed by atoms with Crippen LogP contribution in [0.3, 0.4) is 0 Å². The van der Waals surface area contributed by atoms with E-state index in [0.29, 0.717) is 0 Å². The number of unbranched alkanes of at least 4 members (excludes halogenated alkanes) is 2. The zero-order valence-corrected chi connectivity index (χ0v) is 12.3. The van der Waals surface area contributed by atoms with E-state index in [0.717, 1.165) is 12.5 Å². The molecule has 0 aliphatic heterocycles. The molecule has 0 atom stereocenters. The maximum absolute atomic E-state index is 4.28. The van der Waals surface area contributed by atoms with Gasteiger partial charge < -0.3 is 4.90 Å². The van der Waals surface area contributed by atoms with Crippen LogP contribution in [-0.2, 0) is 0 Å². The van der Waals surface area contributed by atoms with Gasteiger partial charge in [-0.3, -0.25) is 0 Å². The van der Waals surface area contributed by atoms with Crippen molar-refractivity contribution in [2.24, 2.45) is 11.3 Å². The van der Waals surface area contributed by atoms with Gasteiger partial charge in [0.05, 0.1) is 0 Å². The van der Waals surface area contributed by atoms with Crippen LogP contribution in [0.1, 0.15) is 60.3 Å². The van der Waals surface area contributed by atoms with Gasteiger partial charge in [-0.05, 0) is 18.8 Å². The number of rotatable bonds is 8. The van der Waals surface area contributed by atoms with Crippen molar-refractivity contribution >= 4 is 0 Å². The van der Waals surface area contributed by atoms with Crippen molar-refractivity contribution in [2.75, 3.05) is 13.6 Å². The zero-order chi connectivity index (χ0) is 12.8. The molecule has 0 spiro atoms. The van der Waals surface area contributed by atoms with Crippen LogP contribution >= 0.6 is 0 Å².